The summed E-state index contributed by atoms with van der Waals surface area (Å²) in [5, 5.41) is 0. The second kappa shape index (κ2) is 6.07. The highest BCUT2D eigenvalue weighted by Gasteiger charge is 2.36. The Bertz CT molecular complexity index is 855. The molecule has 0 radical (unpaired) electrons. The number of nitrogens with zero attached hydrogens (tertiary/aromatic N) is 1. The predicted octanol–water partition coefficient (Wildman–Crippen LogP) is 2.32. The first-order chi connectivity index (χ1) is 11.3. The van der Waals surface area contributed by atoms with E-state index in [1.54, 1.807) is 0 Å². The molecule has 1 aliphatic rings. The van der Waals surface area contributed by atoms with E-state index in [-0.39, 0.29) is 17.0 Å². The van der Waals surface area contributed by atoms with Crippen LogP contribution in [-0.2, 0) is 16.6 Å². The molecule has 1 aliphatic carbocycles. The second-order valence-corrected chi connectivity index (χ2v) is 8.32. The zero-order valence-electron chi connectivity index (χ0n) is 13.6. The van der Waals surface area contributed by atoms with E-state index in [9.17, 15) is 13.2 Å². The molecule has 24 heavy (non-hydrogen) atoms. The van der Waals surface area contributed by atoms with Gasteiger partial charge < -0.3 is 10.2 Å². The van der Waals surface area contributed by atoms with Crippen molar-refractivity contribution in [1.29, 1.82) is 0 Å². The highest BCUT2D eigenvalue weighted by molar-refractivity contribution is 7.89. The zero-order valence-corrected chi connectivity index (χ0v) is 14.4. The molecule has 2 N–H and O–H groups in total. The van der Waals surface area contributed by atoms with Crippen LogP contribution in [0.15, 0.2) is 45.7 Å². The molecule has 1 amide bonds. The van der Waals surface area contributed by atoms with Crippen molar-refractivity contribution in [3.63, 3.8) is 0 Å². The molecule has 1 aromatic heterocycles. The Morgan fingerprint density at radius 1 is 1.25 bits per heavy atom. The average Bonchev–Trinajstić information content (AvgIpc) is 3.09. The van der Waals surface area contributed by atoms with Gasteiger partial charge in [0, 0.05) is 18.5 Å². The molecule has 1 saturated carbocycles. The third kappa shape index (κ3) is 3.22. The summed E-state index contributed by atoms with van der Waals surface area (Å²) in [6.45, 7) is 2.32. The number of sulfonamides is 1. The van der Waals surface area contributed by atoms with Gasteiger partial charge in [0.1, 0.15) is 11.5 Å². The lowest BCUT2D eigenvalue weighted by Gasteiger charge is -2.16. The van der Waals surface area contributed by atoms with E-state index in [2.05, 4.69) is 6.92 Å². The first-order valence-electron chi connectivity index (χ1n) is 7.74. The molecular weight excluding hydrogens is 328 g/mol. The van der Waals surface area contributed by atoms with Gasteiger partial charge in [-0.05, 0) is 48.7 Å². The number of nitrogens with two attached hydrogens (primary N) is 1. The molecule has 1 aromatic carbocycles. The summed E-state index contributed by atoms with van der Waals surface area (Å²) in [6, 6.07) is 9.32. The lowest BCUT2D eigenvalue weighted by atomic mass is 10.2. The lowest BCUT2D eigenvalue weighted by Crippen LogP contribution is -2.26. The molecule has 2 aromatic rings. The van der Waals surface area contributed by atoms with Gasteiger partial charge in [0.05, 0.1) is 11.4 Å². The zero-order chi connectivity index (χ0) is 17.5. The van der Waals surface area contributed by atoms with Crippen LogP contribution in [0.3, 0.4) is 0 Å². The minimum absolute atomic E-state index is 0.109. The Kier molecular flexibility index (Phi) is 4.23. The number of benzene rings is 1. The summed E-state index contributed by atoms with van der Waals surface area (Å²) in [6.07, 6.45) is 1.12. The summed E-state index contributed by atoms with van der Waals surface area (Å²) in [7, 11) is -2.17. The molecule has 1 heterocycles. The Morgan fingerprint density at radius 2 is 1.88 bits per heavy atom. The number of carbonyl (C=O) groups is 1. The van der Waals surface area contributed by atoms with Crippen molar-refractivity contribution >= 4 is 15.9 Å². The van der Waals surface area contributed by atoms with Gasteiger partial charge in [0.2, 0.25) is 15.9 Å². The third-order valence-electron chi connectivity index (χ3n) is 4.38. The van der Waals surface area contributed by atoms with Crippen molar-refractivity contribution in [2.75, 3.05) is 7.05 Å². The summed E-state index contributed by atoms with van der Waals surface area (Å²) < 4.78 is 32.2. The summed E-state index contributed by atoms with van der Waals surface area (Å²) in [4.78, 5) is 11.2. The van der Waals surface area contributed by atoms with Gasteiger partial charge in [-0.3, -0.25) is 4.79 Å². The van der Waals surface area contributed by atoms with E-state index in [1.165, 1.54) is 35.6 Å². The van der Waals surface area contributed by atoms with Gasteiger partial charge in [-0.15, -0.1) is 0 Å². The monoisotopic (exact) mass is 348 g/mol. The van der Waals surface area contributed by atoms with Crippen LogP contribution in [0.5, 0.6) is 0 Å². The van der Waals surface area contributed by atoms with Crippen LogP contribution in [0.4, 0.5) is 0 Å². The Hall–Kier alpha value is -2.12. The largest absolute Gasteiger partial charge is 0.464 e. The molecule has 0 aliphatic heterocycles. The number of primary amides is 1. The molecule has 0 saturated heterocycles. The van der Waals surface area contributed by atoms with Crippen molar-refractivity contribution in [1.82, 2.24) is 4.31 Å². The van der Waals surface area contributed by atoms with Crippen LogP contribution >= 0.6 is 0 Å². The first kappa shape index (κ1) is 16.7. The van der Waals surface area contributed by atoms with Crippen LogP contribution in [0.1, 0.15) is 41.1 Å². The van der Waals surface area contributed by atoms with Crippen molar-refractivity contribution < 1.29 is 17.6 Å². The van der Waals surface area contributed by atoms with E-state index in [0.717, 1.165) is 12.2 Å². The Balaban J connectivity index is 1.74. The summed E-state index contributed by atoms with van der Waals surface area (Å²) >= 11 is 0. The van der Waals surface area contributed by atoms with Gasteiger partial charge in [-0.25, -0.2) is 8.42 Å². The molecular formula is C17H20N2O4S. The fourth-order valence-electron chi connectivity index (χ4n) is 2.67. The normalized spacial score (nSPS) is 20.3. The highest BCUT2D eigenvalue weighted by atomic mass is 32.2. The topological polar surface area (TPSA) is 93.6 Å². The standard InChI is InChI=1S/C17H20N2O4S/c1-11-9-15(11)16-8-5-13(23-16)10-19(2)24(21,22)14-6-3-12(4-7-14)17(18)20/h3-8,11,15H,9-10H2,1-2H3,(H2,18,20)/t11-,15-/m0/s1. The van der Waals surface area contributed by atoms with E-state index in [1.807, 2.05) is 12.1 Å². The third-order valence-corrected chi connectivity index (χ3v) is 6.20. The van der Waals surface area contributed by atoms with Crippen molar-refractivity contribution in [3.8, 4) is 0 Å². The van der Waals surface area contributed by atoms with Gasteiger partial charge in [-0.1, -0.05) is 6.92 Å². The van der Waals surface area contributed by atoms with Crippen LogP contribution in [0, 0.1) is 5.92 Å². The van der Waals surface area contributed by atoms with Gasteiger partial charge >= 0.3 is 0 Å². The maximum atomic E-state index is 12.6. The van der Waals surface area contributed by atoms with Crippen LogP contribution in [0.25, 0.3) is 0 Å². The molecule has 0 bridgehead atoms. The molecule has 2 atom stereocenters. The number of rotatable bonds is 6. The number of hydrogen-bond donors (Lipinski definition) is 1. The molecule has 0 spiro atoms. The first-order valence-corrected chi connectivity index (χ1v) is 9.18. The molecule has 7 heteroatoms. The predicted molar refractivity (Wildman–Crippen MR) is 88.8 cm³/mol. The van der Waals surface area contributed by atoms with E-state index in [4.69, 9.17) is 10.2 Å². The van der Waals surface area contributed by atoms with Crippen LogP contribution in [-0.4, -0.2) is 25.7 Å². The van der Waals surface area contributed by atoms with E-state index in [0.29, 0.717) is 17.6 Å². The SMILES string of the molecule is C[C@H]1C[C@@H]1c1ccc(CN(C)S(=O)(=O)c2ccc(C(N)=O)cc2)o1. The van der Waals surface area contributed by atoms with Gasteiger partial charge in [0.25, 0.3) is 0 Å². The summed E-state index contributed by atoms with van der Waals surface area (Å²) in [5.74, 6) is 2.04. The quantitative estimate of drug-likeness (QED) is 0.867. The minimum atomic E-state index is -3.66. The average molecular weight is 348 g/mol. The van der Waals surface area contributed by atoms with Crippen LogP contribution < -0.4 is 5.73 Å². The minimum Gasteiger partial charge on any atom is -0.464 e. The molecule has 6 nitrogen and oxygen atoms in total. The van der Waals surface area contributed by atoms with Crippen LogP contribution in [0.2, 0.25) is 0 Å². The van der Waals surface area contributed by atoms with Crippen molar-refractivity contribution in [2.45, 2.75) is 30.7 Å². The highest BCUT2D eigenvalue weighted by Crippen LogP contribution is 2.47. The Labute approximate surface area is 141 Å². The van der Waals surface area contributed by atoms with Crippen molar-refractivity contribution in [2.24, 2.45) is 11.7 Å². The lowest BCUT2D eigenvalue weighted by molar-refractivity contribution is 0.1000. The number of furan rings is 1. The van der Waals surface area contributed by atoms with Gasteiger partial charge in [-0.2, -0.15) is 4.31 Å². The van der Waals surface area contributed by atoms with Crippen molar-refractivity contribution in [3.05, 3.63) is 53.5 Å². The summed E-state index contributed by atoms with van der Waals surface area (Å²) in [5.41, 5.74) is 5.43. The van der Waals surface area contributed by atoms with Gasteiger partial charge in [0.15, 0.2) is 0 Å². The fourth-order valence-corrected chi connectivity index (χ4v) is 3.81. The number of carbonyl (C=O) groups excluding carboxylic acids is 1. The maximum absolute atomic E-state index is 12.6. The molecule has 1 fully saturated rings. The number of hydrogen-bond acceptors (Lipinski definition) is 4. The molecule has 3 rings (SSSR count). The fraction of sp³-hybridized carbons (Fsp3) is 0.353. The van der Waals surface area contributed by atoms with E-state index >= 15 is 0 Å². The van der Waals surface area contributed by atoms with E-state index < -0.39 is 15.9 Å². The smallest absolute Gasteiger partial charge is 0.248 e. The molecule has 0 unspecified atom stereocenters. The Morgan fingerprint density at radius 3 is 2.42 bits per heavy atom. The second-order valence-electron chi connectivity index (χ2n) is 6.27. The maximum Gasteiger partial charge on any atom is 0.248 e. The molecule has 128 valence electrons. The number of amides is 1.